The fourth-order valence-corrected chi connectivity index (χ4v) is 0.332. The molecule has 1 aliphatic rings. The third-order valence-electron chi connectivity index (χ3n) is 0.874. The largest absolute Gasteiger partial charge is 0.378 e. The molecule has 0 spiro atoms. The first kappa shape index (κ1) is 4.05. The summed E-state index contributed by atoms with van der Waals surface area (Å²) in [5, 5.41) is 0. The third-order valence-corrected chi connectivity index (χ3v) is 0.874. The van der Waals surface area contributed by atoms with Crippen molar-refractivity contribution in [3.63, 3.8) is 0 Å². The molecule has 1 saturated heterocycles. The van der Waals surface area contributed by atoms with Crippen LogP contribution in [0.25, 0.3) is 0 Å². The number of nitrogens with two attached hydrogens (primary N) is 1. The monoisotopic (exact) mass is 88.1 g/mol. The first-order valence-electron chi connectivity index (χ1n) is 1.97. The van der Waals surface area contributed by atoms with E-state index >= 15 is 0 Å². The molecule has 0 aromatic heterocycles. The average Bonchev–Trinajstić information content (AvgIpc) is 1.31. The Hall–Kier alpha value is -0.120. The summed E-state index contributed by atoms with van der Waals surface area (Å²) < 4.78 is 4.78. The lowest BCUT2D eigenvalue weighted by Gasteiger charge is -2.24. The minimum absolute atomic E-state index is 0.421. The average molecular weight is 88.1 g/mol. The molecular weight excluding hydrogens is 80.0 g/mol. The van der Waals surface area contributed by atoms with Gasteiger partial charge in [0.2, 0.25) is 0 Å². The van der Waals surface area contributed by atoms with Crippen LogP contribution in [0.15, 0.2) is 0 Å². The van der Waals surface area contributed by atoms with Gasteiger partial charge in [0.05, 0.1) is 19.3 Å². The second kappa shape index (κ2) is 1.55. The maximum absolute atomic E-state index is 5.00. The molecule has 3 heteroatoms. The van der Waals surface area contributed by atoms with Crippen molar-refractivity contribution in [3.05, 3.63) is 0 Å². The number of nitrogens with one attached hydrogen (secondary N) is 1. The van der Waals surface area contributed by atoms with E-state index in [0.29, 0.717) is 6.04 Å². The second-order valence-electron chi connectivity index (χ2n) is 1.40. The highest BCUT2D eigenvalue weighted by Crippen LogP contribution is 1.95. The second-order valence-corrected chi connectivity index (χ2v) is 1.40. The van der Waals surface area contributed by atoms with E-state index in [1.807, 2.05) is 0 Å². The smallest absolute Gasteiger partial charge is 0.0678 e. The molecule has 6 heavy (non-hydrogen) atoms. The SMILES string of the molecule is NNC1COC1. The van der Waals surface area contributed by atoms with Gasteiger partial charge in [0.15, 0.2) is 0 Å². The molecule has 0 atom stereocenters. The van der Waals surface area contributed by atoms with Crippen molar-refractivity contribution in [2.24, 2.45) is 5.84 Å². The Labute approximate surface area is 36.4 Å². The molecule has 0 aliphatic carbocycles. The molecular formula is C3H8N2O. The first-order chi connectivity index (χ1) is 2.93. The van der Waals surface area contributed by atoms with Gasteiger partial charge in [-0.05, 0) is 0 Å². The van der Waals surface area contributed by atoms with Crippen LogP contribution >= 0.6 is 0 Å². The van der Waals surface area contributed by atoms with Crippen molar-refractivity contribution in [1.82, 2.24) is 5.43 Å². The lowest BCUT2D eigenvalue weighted by atomic mass is 10.3. The summed E-state index contributed by atoms with van der Waals surface area (Å²) in [5.74, 6) is 5.00. The van der Waals surface area contributed by atoms with Crippen LogP contribution in [0.2, 0.25) is 0 Å². The molecule has 0 aromatic rings. The molecule has 0 amide bonds. The van der Waals surface area contributed by atoms with Gasteiger partial charge in [0, 0.05) is 0 Å². The maximum atomic E-state index is 5.00. The summed E-state index contributed by atoms with van der Waals surface area (Å²) in [4.78, 5) is 0. The molecule has 0 bridgehead atoms. The molecule has 3 N–H and O–H groups in total. The van der Waals surface area contributed by atoms with E-state index in [9.17, 15) is 0 Å². The summed E-state index contributed by atoms with van der Waals surface area (Å²) in [6, 6.07) is 0.421. The summed E-state index contributed by atoms with van der Waals surface area (Å²) >= 11 is 0. The Morgan fingerprint density at radius 2 is 2.33 bits per heavy atom. The van der Waals surface area contributed by atoms with Gasteiger partial charge in [-0.15, -0.1) is 0 Å². The lowest BCUT2D eigenvalue weighted by Crippen LogP contribution is -2.49. The van der Waals surface area contributed by atoms with E-state index < -0.39 is 0 Å². The molecule has 1 aliphatic heterocycles. The van der Waals surface area contributed by atoms with Crippen molar-refractivity contribution >= 4 is 0 Å². The Balaban J connectivity index is 2.01. The van der Waals surface area contributed by atoms with E-state index in [2.05, 4.69) is 5.43 Å². The highest BCUT2D eigenvalue weighted by molar-refractivity contribution is 4.68. The molecule has 0 saturated carbocycles. The van der Waals surface area contributed by atoms with E-state index in [1.165, 1.54) is 0 Å². The predicted molar refractivity (Wildman–Crippen MR) is 21.9 cm³/mol. The Bertz CT molecular complexity index is 41.3. The van der Waals surface area contributed by atoms with Crippen LogP contribution in [-0.2, 0) is 4.74 Å². The lowest BCUT2D eigenvalue weighted by molar-refractivity contribution is -0.00491. The van der Waals surface area contributed by atoms with Crippen molar-refractivity contribution in [3.8, 4) is 0 Å². The standard InChI is InChI=1S/C3H8N2O/c4-5-3-1-6-2-3/h3,5H,1-2,4H2. The molecule has 3 nitrogen and oxygen atoms in total. The zero-order valence-electron chi connectivity index (χ0n) is 3.48. The fourth-order valence-electron chi connectivity index (χ4n) is 0.332. The van der Waals surface area contributed by atoms with E-state index in [0.717, 1.165) is 13.2 Å². The molecule has 36 valence electrons. The van der Waals surface area contributed by atoms with Crippen molar-refractivity contribution in [1.29, 1.82) is 0 Å². The highest BCUT2D eigenvalue weighted by atomic mass is 16.5. The van der Waals surface area contributed by atoms with Gasteiger partial charge in [0.25, 0.3) is 0 Å². The fraction of sp³-hybridized carbons (Fsp3) is 1.00. The minimum atomic E-state index is 0.421. The quantitative estimate of drug-likeness (QED) is 0.314. The zero-order chi connectivity index (χ0) is 4.41. The minimum Gasteiger partial charge on any atom is -0.378 e. The van der Waals surface area contributed by atoms with Crippen LogP contribution in [0.4, 0.5) is 0 Å². The van der Waals surface area contributed by atoms with Crippen LogP contribution in [-0.4, -0.2) is 19.3 Å². The summed E-state index contributed by atoms with van der Waals surface area (Å²) in [7, 11) is 0. The summed E-state index contributed by atoms with van der Waals surface area (Å²) in [5.41, 5.74) is 2.58. The van der Waals surface area contributed by atoms with Gasteiger partial charge >= 0.3 is 0 Å². The number of hydrogen-bond acceptors (Lipinski definition) is 3. The van der Waals surface area contributed by atoms with Crippen molar-refractivity contribution in [2.45, 2.75) is 6.04 Å². The molecule has 0 radical (unpaired) electrons. The molecule has 1 heterocycles. The van der Waals surface area contributed by atoms with E-state index in [-0.39, 0.29) is 0 Å². The van der Waals surface area contributed by atoms with Gasteiger partial charge in [-0.25, -0.2) is 0 Å². The van der Waals surface area contributed by atoms with Crippen LogP contribution in [0.5, 0.6) is 0 Å². The first-order valence-corrected chi connectivity index (χ1v) is 1.97. The van der Waals surface area contributed by atoms with E-state index in [4.69, 9.17) is 10.6 Å². The highest BCUT2D eigenvalue weighted by Gasteiger charge is 2.14. The summed E-state index contributed by atoms with van der Waals surface area (Å²) in [6.07, 6.45) is 0. The molecule has 1 fully saturated rings. The maximum Gasteiger partial charge on any atom is 0.0678 e. The molecule has 0 aromatic carbocycles. The zero-order valence-corrected chi connectivity index (χ0v) is 3.48. The normalized spacial score (nSPS) is 23.5. The topological polar surface area (TPSA) is 47.3 Å². The third kappa shape index (κ3) is 0.518. The van der Waals surface area contributed by atoms with Crippen LogP contribution < -0.4 is 11.3 Å². The van der Waals surface area contributed by atoms with Gasteiger partial charge < -0.3 is 4.74 Å². The van der Waals surface area contributed by atoms with Gasteiger partial charge in [0.1, 0.15) is 0 Å². The van der Waals surface area contributed by atoms with Crippen LogP contribution in [0, 0.1) is 0 Å². The molecule has 0 unspecified atom stereocenters. The predicted octanol–water partition coefficient (Wildman–Crippen LogP) is -1.15. The van der Waals surface area contributed by atoms with Crippen LogP contribution in [0.1, 0.15) is 0 Å². The van der Waals surface area contributed by atoms with Crippen LogP contribution in [0.3, 0.4) is 0 Å². The molecule has 1 rings (SSSR count). The van der Waals surface area contributed by atoms with Gasteiger partial charge in [-0.3, -0.25) is 11.3 Å². The number of rotatable bonds is 1. The van der Waals surface area contributed by atoms with Crippen molar-refractivity contribution in [2.75, 3.05) is 13.2 Å². The number of ether oxygens (including phenoxy) is 1. The van der Waals surface area contributed by atoms with Crippen molar-refractivity contribution < 1.29 is 4.74 Å². The number of hydrazine groups is 1. The Morgan fingerprint density at radius 3 is 2.33 bits per heavy atom. The Kier molecular flexibility index (Phi) is 1.05. The Morgan fingerprint density at radius 1 is 1.67 bits per heavy atom. The van der Waals surface area contributed by atoms with Gasteiger partial charge in [-0.2, -0.15) is 0 Å². The van der Waals surface area contributed by atoms with Gasteiger partial charge in [-0.1, -0.05) is 0 Å². The van der Waals surface area contributed by atoms with E-state index in [1.54, 1.807) is 0 Å². The summed E-state index contributed by atoms with van der Waals surface area (Å²) in [6.45, 7) is 1.55. The number of hydrogen-bond donors (Lipinski definition) is 2.